The van der Waals surface area contributed by atoms with Crippen LogP contribution >= 0.6 is 11.8 Å². The Kier molecular flexibility index (Phi) is 6.96. The highest BCUT2D eigenvalue weighted by Gasteiger charge is 2.14. The lowest BCUT2D eigenvalue weighted by Gasteiger charge is -2.26. The van der Waals surface area contributed by atoms with Gasteiger partial charge in [-0.1, -0.05) is 36.0 Å². The number of benzene rings is 2. The summed E-state index contributed by atoms with van der Waals surface area (Å²) in [5.74, 6) is 0.127. The van der Waals surface area contributed by atoms with Gasteiger partial charge in [0.2, 0.25) is 11.1 Å². The van der Waals surface area contributed by atoms with Gasteiger partial charge >= 0.3 is 0 Å². The van der Waals surface area contributed by atoms with E-state index in [4.69, 9.17) is 4.74 Å². The van der Waals surface area contributed by atoms with Crippen molar-refractivity contribution in [1.82, 2.24) is 25.1 Å². The van der Waals surface area contributed by atoms with Crippen LogP contribution in [0.15, 0.2) is 47.6 Å². The maximum Gasteiger partial charge on any atom is 0.234 e. The normalized spacial score (nSPS) is 14.5. The Morgan fingerprint density at radius 1 is 1.13 bits per heavy atom. The van der Waals surface area contributed by atoms with Crippen molar-refractivity contribution in [2.24, 2.45) is 0 Å². The van der Waals surface area contributed by atoms with Crippen LogP contribution in [0.2, 0.25) is 0 Å². The number of thioether (sulfide) groups is 1. The fourth-order valence-electron chi connectivity index (χ4n) is 3.41. The summed E-state index contributed by atoms with van der Waals surface area (Å²) in [7, 11) is 0. The zero-order chi connectivity index (χ0) is 21.6. The quantitative estimate of drug-likeness (QED) is 0.568. The number of aromatic nitrogens is 4. The van der Waals surface area contributed by atoms with Gasteiger partial charge in [0.05, 0.1) is 24.7 Å². The molecular weight excluding hydrogens is 412 g/mol. The molecule has 0 atom stereocenters. The smallest absolute Gasteiger partial charge is 0.234 e. The highest BCUT2D eigenvalue weighted by molar-refractivity contribution is 7.99. The molecule has 0 radical (unpaired) electrons. The third-order valence-electron chi connectivity index (χ3n) is 5.11. The average Bonchev–Trinajstić information content (AvgIpc) is 3.24. The molecule has 31 heavy (non-hydrogen) atoms. The molecule has 2 heterocycles. The number of amides is 1. The van der Waals surface area contributed by atoms with E-state index < -0.39 is 0 Å². The van der Waals surface area contributed by atoms with Gasteiger partial charge in [-0.15, -0.1) is 5.10 Å². The van der Waals surface area contributed by atoms with Crippen molar-refractivity contribution < 1.29 is 9.53 Å². The molecule has 1 aliphatic rings. The molecule has 1 saturated heterocycles. The average molecular weight is 439 g/mol. The molecule has 8 nitrogen and oxygen atoms in total. The number of nitrogens with one attached hydrogen (secondary N) is 1. The van der Waals surface area contributed by atoms with Crippen molar-refractivity contribution in [1.29, 1.82) is 0 Å². The van der Waals surface area contributed by atoms with Gasteiger partial charge < -0.3 is 10.1 Å². The van der Waals surface area contributed by atoms with Gasteiger partial charge in [0, 0.05) is 25.3 Å². The molecule has 2 aromatic carbocycles. The Labute approximate surface area is 186 Å². The summed E-state index contributed by atoms with van der Waals surface area (Å²) < 4.78 is 7.07. The first-order valence-corrected chi connectivity index (χ1v) is 11.2. The molecule has 0 saturated carbocycles. The fourth-order valence-corrected chi connectivity index (χ4v) is 4.09. The van der Waals surface area contributed by atoms with E-state index >= 15 is 0 Å². The van der Waals surface area contributed by atoms with Crippen LogP contribution in [0.3, 0.4) is 0 Å². The number of nitrogens with zero attached hydrogens (tertiary/aromatic N) is 5. The number of carbonyl (C=O) groups excluding carboxylic acids is 1. The number of hydrogen-bond donors (Lipinski definition) is 1. The van der Waals surface area contributed by atoms with E-state index in [1.165, 1.54) is 17.3 Å². The van der Waals surface area contributed by atoms with E-state index in [0.717, 1.165) is 55.3 Å². The fraction of sp³-hybridized carbons (Fsp3) is 0.364. The summed E-state index contributed by atoms with van der Waals surface area (Å²) in [5, 5.41) is 15.5. The van der Waals surface area contributed by atoms with Crippen LogP contribution in [0.1, 0.15) is 16.7 Å². The van der Waals surface area contributed by atoms with Crippen LogP contribution in [-0.2, 0) is 16.1 Å². The topological polar surface area (TPSA) is 85.2 Å². The molecule has 0 unspecified atom stereocenters. The van der Waals surface area contributed by atoms with Crippen molar-refractivity contribution >= 4 is 23.4 Å². The van der Waals surface area contributed by atoms with Crippen LogP contribution in [0.4, 0.5) is 5.69 Å². The van der Waals surface area contributed by atoms with Crippen LogP contribution < -0.4 is 5.32 Å². The number of anilines is 1. The number of hydrogen-bond acceptors (Lipinski definition) is 7. The molecule has 3 aromatic rings. The summed E-state index contributed by atoms with van der Waals surface area (Å²) in [6.45, 7) is 8.43. The first-order chi connectivity index (χ1) is 15.1. The second-order valence-corrected chi connectivity index (χ2v) is 8.53. The number of aryl methyl sites for hydroxylation is 2. The summed E-state index contributed by atoms with van der Waals surface area (Å²) in [5.41, 5.74) is 5.12. The van der Waals surface area contributed by atoms with Crippen molar-refractivity contribution in [2.45, 2.75) is 25.5 Å². The van der Waals surface area contributed by atoms with Gasteiger partial charge in [0.15, 0.2) is 0 Å². The number of ether oxygens (including phenoxy) is 1. The Bertz CT molecular complexity index is 1030. The lowest BCUT2D eigenvalue weighted by molar-refractivity contribution is -0.113. The van der Waals surface area contributed by atoms with Crippen LogP contribution in [-0.4, -0.2) is 63.1 Å². The van der Waals surface area contributed by atoms with E-state index in [9.17, 15) is 4.79 Å². The number of morpholine rings is 1. The van der Waals surface area contributed by atoms with Gasteiger partial charge in [-0.2, -0.15) is 4.68 Å². The lowest BCUT2D eigenvalue weighted by atomic mass is 10.1. The molecule has 1 N–H and O–H groups in total. The standard InChI is InChI=1S/C22H26N6O2S/c1-16-3-4-17(2)20(13-16)28-22(24-25-26-28)31-15-21(29)23-19-7-5-18(6-8-19)14-27-9-11-30-12-10-27/h3-8,13H,9-12,14-15H2,1-2H3,(H,23,29). The third-order valence-corrected chi connectivity index (χ3v) is 6.03. The predicted octanol–water partition coefficient (Wildman–Crippen LogP) is 2.84. The largest absolute Gasteiger partial charge is 0.379 e. The monoisotopic (exact) mass is 438 g/mol. The first kappa shape index (κ1) is 21.5. The second kappa shape index (κ2) is 10.0. The van der Waals surface area contributed by atoms with E-state index in [1.54, 1.807) is 4.68 Å². The summed E-state index contributed by atoms with van der Waals surface area (Å²) in [4.78, 5) is 14.8. The molecule has 1 aliphatic heterocycles. The minimum absolute atomic E-state index is 0.0959. The summed E-state index contributed by atoms with van der Waals surface area (Å²) >= 11 is 1.31. The Hall–Kier alpha value is -2.75. The zero-order valence-corrected chi connectivity index (χ0v) is 18.6. The van der Waals surface area contributed by atoms with E-state index in [0.29, 0.717) is 5.16 Å². The van der Waals surface area contributed by atoms with E-state index in [-0.39, 0.29) is 11.7 Å². The molecule has 0 spiro atoms. The molecule has 0 bridgehead atoms. The molecule has 1 fully saturated rings. The van der Waals surface area contributed by atoms with Crippen molar-refractivity contribution in [3.8, 4) is 5.69 Å². The minimum atomic E-state index is -0.0959. The van der Waals surface area contributed by atoms with Gasteiger partial charge in [-0.05, 0) is 59.2 Å². The third kappa shape index (κ3) is 5.69. The van der Waals surface area contributed by atoms with Gasteiger partial charge in [-0.25, -0.2) is 0 Å². The van der Waals surface area contributed by atoms with E-state index in [1.807, 2.05) is 38.1 Å². The molecule has 162 valence electrons. The molecule has 1 amide bonds. The number of tetrazole rings is 1. The second-order valence-electron chi connectivity index (χ2n) is 7.59. The van der Waals surface area contributed by atoms with Crippen molar-refractivity contribution in [3.63, 3.8) is 0 Å². The Morgan fingerprint density at radius 2 is 1.90 bits per heavy atom. The molecule has 1 aromatic heterocycles. The lowest BCUT2D eigenvalue weighted by Crippen LogP contribution is -2.35. The molecule has 0 aliphatic carbocycles. The zero-order valence-electron chi connectivity index (χ0n) is 17.7. The highest BCUT2D eigenvalue weighted by Crippen LogP contribution is 2.22. The van der Waals surface area contributed by atoms with Crippen molar-refractivity contribution in [3.05, 3.63) is 59.2 Å². The van der Waals surface area contributed by atoms with Gasteiger partial charge in [0.1, 0.15) is 0 Å². The Morgan fingerprint density at radius 3 is 2.68 bits per heavy atom. The van der Waals surface area contributed by atoms with Crippen LogP contribution in [0.25, 0.3) is 5.69 Å². The molecular formula is C22H26N6O2S. The summed E-state index contributed by atoms with van der Waals surface area (Å²) in [6, 6.07) is 14.1. The Balaban J connectivity index is 1.32. The number of carbonyl (C=O) groups is 1. The van der Waals surface area contributed by atoms with E-state index in [2.05, 4.69) is 43.9 Å². The van der Waals surface area contributed by atoms with Gasteiger partial charge in [-0.3, -0.25) is 9.69 Å². The molecule has 4 rings (SSSR count). The molecule has 9 heteroatoms. The highest BCUT2D eigenvalue weighted by atomic mass is 32.2. The van der Waals surface area contributed by atoms with Gasteiger partial charge in [0.25, 0.3) is 0 Å². The summed E-state index contributed by atoms with van der Waals surface area (Å²) in [6.07, 6.45) is 0. The van der Waals surface area contributed by atoms with Crippen LogP contribution in [0.5, 0.6) is 0 Å². The first-order valence-electron chi connectivity index (χ1n) is 10.3. The SMILES string of the molecule is Cc1ccc(C)c(-n2nnnc2SCC(=O)Nc2ccc(CN3CCOCC3)cc2)c1. The minimum Gasteiger partial charge on any atom is -0.379 e. The maximum absolute atomic E-state index is 12.4. The van der Waals surface area contributed by atoms with Crippen LogP contribution in [0, 0.1) is 13.8 Å². The predicted molar refractivity (Wildman–Crippen MR) is 121 cm³/mol. The number of rotatable bonds is 7. The van der Waals surface area contributed by atoms with Crippen molar-refractivity contribution in [2.75, 3.05) is 37.4 Å². The maximum atomic E-state index is 12.4.